The van der Waals surface area contributed by atoms with E-state index >= 15 is 0 Å². The molecule has 0 fully saturated rings. The van der Waals surface area contributed by atoms with Crippen molar-refractivity contribution in [3.8, 4) is 6.07 Å². The molecule has 0 amide bonds. The molecule has 0 aliphatic carbocycles. The number of sulfonamides is 1. The maximum atomic E-state index is 12.1. The van der Waals surface area contributed by atoms with Crippen LogP contribution in [0.5, 0.6) is 0 Å². The van der Waals surface area contributed by atoms with Crippen LogP contribution < -0.4 is 10.0 Å². The number of nitriles is 1. The summed E-state index contributed by atoms with van der Waals surface area (Å²) in [6.07, 6.45) is 0.667. The molecule has 1 rings (SSSR count). The van der Waals surface area contributed by atoms with Gasteiger partial charge in [0.25, 0.3) is 0 Å². The zero-order chi connectivity index (χ0) is 15.2. The van der Waals surface area contributed by atoms with E-state index in [9.17, 15) is 8.42 Å². The van der Waals surface area contributed by atoms with E-state index in [-0.39, 0.29) is 15.5 Å². The van der Waals surface area contributed by atoms with Crippen LogP contribution in [0.1, 0.15) is 25.8 Å². The molecule has 110 valence electrons. The molecule has 0 saturated heterocycles. The molecule has 0 bridgehead atoms. The average Bonchev–Trinajstić information content (AvgIpc) is 2.37. The predicted molar refractivity (Wildman–Crippen MR) is 79.1 cm³/mol. The molecular formula is C13H18ClN3O2S. The molecule has 0 aliphatic rings. The van der Waals surface area contributed by atoms with E-state index in [0.29, 0.717) is 19.0 Å². The zero-order valence-electron chi connectivity index (χ0n) is 11.5. The Balaban J connectivity index is 2.70. The Morgan fingerprint density at radius 1 is 1.35 bits per heavy atom. The van der Waals surface area contributed by atoms with Crippen molar-refractivity contribution in [2.75, 3.05) is 13.1 Å². The lowest BCUT2D eigenvalue weighted by Gasteiger charge is -2.10. The van der Waals surface area contributed by atoms with Crippen molar-refractivity contribution in [1.82, 2.24) is 10.0 Å². The molecule has 20 heavy (non-hydrogen) atoms. The molecule has 0 atom stereocenters. The van der Waals surface area contributed by atoms with Gasteiger partial charge in [-0.25, -0.2) is 13.1 Å². The first-order chi connectivity index (χ1) is 9.36. The fourth-order valence-corrected chi connectivity index (χ4v) is 3.06. The van der Waals surface area contributed by atoms with Crippen molar-refractivity contribution in [2.45, 2.75) is 31.2 Å². The number of rotatable bonds is 7. The topological polar surface area (TPSA) is 82.0 Å². The van der Waals surface area contributed by atoms with Gasteiger partial charge in [-0.05, 0) is 31.2 Å². The first-order valence-corrected chi connectivity index (χ1v) is 8.15. The summed E-state index contributed by atoms with van der Waals surface area (Å²) in [5.41, 5.74) is 0.0854. The maximum Gasteiger partial charge on any atom is 0.241 e. The van der Waals surface area contributed by atoms with Gasteiger partial charge in [-0.15, -0.1) is 0 Å². The predicted octanol–water partition coefficient (Wildman–Crippen LogP) is 1.88. The van der Waals surface area contributed by atoms with Crippen LogP contribution in [0.2, 0.25) is 5.02 Å². The molecule has 2 N–H and O–H groups in total. The van der Waals surface area contributed by atoms with Crippen LogP contribution in [-0.2, 0) is 10.0 Å². The minimum atomic E-state index is -3.71. The number of hydrogen-bond acceptors (Lipinski definition) is 4. The van der Waals surface area contributed by atoms with E-state index in [1.807, 2.05) is 19.9 Å². The van der Waals surface area contributed by atoms with Crippen LogP contribution in [0, 0.1) is 11.3 Å². The molecule has 1 aromatic carbocycles. The summed E-state index contributed by atoms with van der Waals surface area (Å²) in [5, 5.41) is 12.4. The lowest BCUT2D eigenvalue weighted by molar-refractivity contribution is 0.554. The summed E-state index contributed by atoms with van der Waals surface area (Å²) in [7, 11) is -3.71. The van der Waals surface area contributed by atoms with Crippen LogP contribution >= 0.6 is 11.6 Å². The highest BCUT2D eigenvalue weighted by Crippen LogP contribution is 2.20. The summed E-state index contributed by atoms with van der Waals surface area (Å²) in [6.45, 7) is 5.07. The highest BCUT2D eigenvalue weighted by molar-refractivity contribution is 7.89. The van der Waals surface area contributed by atoms with Crippen molar-refractivity contribution >= 4 is 21.6 Å². The van der Waals surface area contributed by atoms with Crippen LogP contribution in [0.15, 0.2) is 23.1 Å². The largest absolute Gasteiger partial charge is 0.314 e. The molecule has 1 aromatic rings. The minimum absolute atomic E-state index is 0.0793. The van der Waals surface area contributed by atoms with Gasteiger partial charge in [0, 0.05) is 17.6 Å². The molecule has 5 nitrogen and oxygen atoms in total. The van der Waals surface area contributed by atoms with Gasteiger partial charge in [-0.3, -0.25) is 0 Å². The van der Waals surface area contributed by atoms with Gasteiger partial charge in [0.05, 0.1) is 5.56 Å². The lowest BCUT2D eigenvalue weighted by Crippen LogP contribution is -2.30. The van der Waals surface area contributed by atoms with Crippen LogP contribution in [-0.4, -0.2) is 27.5 Å². The van der Waals surface area contributed by atoms with Crippen LogP contribution in [0.25, 0.3) is 0 Å². The Kier molecular flexibility index (Phi) is 6.43. The van der Waals surface area contributed by atoms with Gasteiger partial charge >= 0.3 is 0 Å². The Bertz CT molecular complexity index is 594. The zero-order valence-corrected chi connectivity index (χ0v) is 13.1. The summed E-state index contributed by atoms with van der Waals surface area (Å²) >= 11 is 5.79. The third-order valence-electron chi connectivity index (χ3n) is 2.55. The average molecular weight is 316 g/mol. The van der Waals surface area contributed by atoms with E-state index in [0.717, 1.165) is 6.54 Å². The third-order valence-corrected chi connectivity index (χ3v) is 4.29. The number of nitrogens with zero attached hydrogens (tertiary/aromatic N) is 1. The highest BCUT2D eigenvalue weighted by atomic mass is 35.5. The molecule has 0 radical (unpaired) electrons. The quantitative estimate of drug-likeness (QED) is 0.753. The Labute approximate surface area is 125 Å². The molecule has 0 heterocycles. The number of benzene rings is 1. The second-order valence-electron chi connectivity index (χ2n) is 4.61. The van der Waals surface area contributed by atoms with E-state index in [4.69, 9.17) is 16.9 Å². The molecular weight excluding hydrogens is 298 g/mol. The van der Waals surface area contributed by atoms with Gasteiger partial charge in [-0.2, -0.15) is 5.26 Å². The van der Waals surface area contributed by atoms with E-state index in [1.54, 1.807) is 0 Å². The standard InChI is InChI=1S/C13H18ClN3O2S/c1-10(2)16-6-3-7-17-20(18,19)13-8-12(14)5-4-11(13)9-15/h4-5,8,10,16-17H,3,6-7H2,1-2H3. The summed E-state index contributed by atoms with van der Waals surface area (Å²) in [6, 6.07) is 6.40. The van der Waals surface area contributed by atoms with Crippen LogP contribution in [0.3, 0.4) is 0 Å². The van der Waals surface area contributed by atoms with Gasteiger partial charge in [0.1, 0.15) is 11.0 Å². The first kappa shape index (κ1) is 16.9. The summed E-state index contributed by atoms with van der Waals surface area (Å²) < 4.78 is 26.7. The van der Waals surface area contributed by atoms with E-state index < -0.39 is 10.0 Å². The van der Waals surface area contributed by atoms with Crippen molar-refractivity contribution in [2.24, 2.45) is 0 Å². The highest BCUT2D eigenvalue weighted by Gasteiger charge is 2.18. The monoisotopic (exact) mass is 315 g/mol. The fourth-order valence-electron chi connectivity index (χ4n) is 1.57. The van der Waals surface area contributed by atoms with Crippen LogP contribution in [0.4, 0.5) is 0 Å². The van der Waals surface area contributed by atoms with Gasteiger partial charge in [0.15, 0.2) is 0 Å². The van der Waals surface area contributed by atoms with E-state index in [1.165, 1.54) is 18.2 Å². The summed E-state index contributed by atoms with van der Waals surface area (Å²) in [4.78, 5) is -0.0793. The van der Waals surface area contributed by atoms with Crippen molar-refractivity contribution in [3.63, 3.8) is 0 Å². The second-order valence-corrected chi connectivity index (χ2v) is 6.78. The first-order valence-electron chi connectivity index (χ1n) is 6.29. The SMILES string of the molecule is CC(C)NCCCNS(=O)(=O)c1cc(Cl)ccc1C#N. The van der Waals surface area contributed by atoms with Gasteiger partial charge in [-0.1, -0.05) is 25.4 Å². The molecule has 7 heteroatoms. The van der Waals surface area contributed by atoms with E-state index in [2.05, 4.69) is 10.0 Å². The number of hydrogen-bond donors (Lipinski definition) is 2. The lowest BCUT2D eigenvalue weighted by atomic mass is 10.2. The normalized spacial score (nSPS) is 11.6. The van der Waals surface area contributed by atoms with Gasteiger partial charge < -0.3 is 5.32 Å². The molecule has 0 spiro atoms. The number of halogens is 1. The molecule has 0 unspecified atom stereocenters. The van der Waals surface area contributed by atoms with Crippen molar-refractivity contribution in [3.05, 3.63) is 28.8 Å². The second kappa shape index (κ2) is 7.60. The summed E-state index contributed by atoms with van der Waals surface area (Å²) in [5.74, 6) is 0. The van der Waals surface area contributed by atoms with Gasteiger partial charge in [0.2, 0.25) is 10.0 Å². The Hall–Kier alpha value is -1.13. The van der Waals surface area contributed by atoms with Crippen molar-refractivity contribution < 1.29 is 8.42 Å². The van der Waals surface area contributed by atoms with Crippen molar-refractivity contribution in [1.29, 1.82) is 5.26 Å². The molecule has 0 saturated carbocycles. The fraction of sp³-hybridized carbons (Fsp3) is 0.462. The smallest absolute Gasteiger partial charge is 0.241 e. The third kappa shape index (κ3) is 5.10. The minimum Gasteiger partial charge on any atom is -0.314 e. The number of nitrogens with one attached hydrogen (secondary N) is 2. The molecule has 0 aromatic heterocycles. The Morgan fingerprint density at radius 3 is 2.65 bits per heavy atom. The Morgan fingerprint density at radius 2 is 2.05 bits per heavy atom. The molecule has 0 aliphatic heterocycles. The maximum absolute atomic E-state index is 12.1.